The molecule has 0 aliphatic carbocycles. The molecule has 0 aliphatic heterocycles. The number of nitrogens with zero attached hydrogens (tertiary/aromatic N) is 5. The molecule has 22 heavy (non-hydrogen) atoms. The van der Waals surface area contributed by atoms with E-state index in [4.69, 9.17) is 0 Å². The van der Waals surface area contributed by atoms with E-state index in [0.29, 0.717) is 22.9 Å². The number of halogens is 1. The predicted molar refractivity (Wildman–Crippen MR) is 78.0 cm³/mol. The van der Waals surface area contributed by atoms with Crippen molar-refractivity contribution in [3.63, 3.8) is 0 Å². The second kappa shape index (κ2) is 4.92. The quantitative estimate of drug-likeness (QED) is 0.606. The fraction of sp³-hybridized carbons (Fsp3) is 0. The summed E-state index contributed by atoms with van der Waals surface area (Å²) in [5.41, 5.74) is 1.98. The first kappa shape index (κ1) is 12.5. The van der Waals surface area contributed by atoms with E-state index in [1.165, 1.54) is 12.1 Å². The van der Waals surface area contributed by atoms with Crippen LogP contribution in [-0.4, -0.2) is 30.0 Å². The van der Waals surface area contributed by atoms with Gasteiger partial charge in [-0.1, -0.05) is 12.1 Å². The van der Waals surface area contributed by atoms with Crippen LogP contribution in [0.4, 0.5) is 15.9 Å². The smallest absolute Gasteiger partial charge is 0.185 e. The van der Waals surface area contributed by atoms with Crippen LogP contribution in [0.1, 0.15) is 0 Å². The lowest BCUT2D eigenvalue weighted by atomic mass is 10.2. The Morgan fingerprint density at radius 1 is 1.14 bits per heavy atom. The lowest BCUT2D eigenvalue weighted by Gasteiger charge is -2.04. The molecule has 8 heteroatoms. The highest BCUT2D eigenvalue weighted by Gasteiger charge is 2.10. The second-order valence-electron chi connectivity index (χ2n) is 4.63. The summed E-state index contributed by atoms with van der Waals surface area (Å²) in [5.74, 6) is 0.749. The fourth-order valence-electron chi connectivity index (χ4n) is 2.13. The molecular formula is C14H10FN7. The minimum atomic E-state index is -0.332. The first-order valence-electron chi connectivity index (χ1n) is 6.54. The van der Waals surface area contributed by atoms with Crippen molar-refractivity contribution in [2.75, 3.05) is 5.32 Å². The zero-order valence-electron chi connectivity index (χ0n) is 11.2. The van der Waals surface area contributed by atoms with E-state index < -0.39 is 0 Å². The first-order valence-corrected chi connectivity index (χ1v) is 6.54. The third-order valence-corrected chi connectivity index (χ3v) is 3.12. The van der Waals surface area contributed by atoms with Crippen molar-refractivity contribution < 1.29 is 4.39 Å². The highest BCUT2D eigenvalue weighted by Crippen LogP contribution is 2.20. The SMILES string of the molecule is Fc1cccc(-c2nnc3ccc(Nc4cn[nH]c4)nn23)c1. The molecule has 3 heterocycles. The number of aromatic nitrogens is 6. The summed E-state index contributed by atoms with van der Waals surface area (Å²) < 4.78 is 15.0. The summed E-state index contributed by atoms with van der Waals surface area (Å²) in [7, 11) is 0. The molecule has 0 fully saturated rings. The maximum atomic E-state index is 13.4. The average molecular weight is 295 g/mol. The van der Waals surface area contributed by atoms with E-state index in [2.05, 4.69) is 30.8 Å². The molecule has 108 valence electrons. The third-order valence-electron chi connectivity index (χ3n) is 3.12. The lowest BCUT2D eigenvalue weighted by molar-refractivity contribution is 0.628. The van der Waals surface area contributed by atoms with Crippen molar-refractivity contribution in [2.24, 2.45) is 0 Å². The number of hydrogen-bond acceptors (Lipinski definition) is 5. The van der Waals surface area contributed by atoms with Crippen LogP contribution >= 0.6 is 0 Å². The molecule has 3 aromatic heterocycles. The van der Waals surface area contributed by atoms with E-state index in [1.54, 1.807) is 41.2 Å². The second-order valence-corrected chi connectivity index (χ2v) is 4.63. The monoisotopic (exact) mass is 295 g/mol. The molecule has 0 saturated heterocycles. The molecule has 0 amide bonds. The Hall–Kier alpha value is -3.29. The van der Waals surface area contributed by atoms with Gasteiger partial charge in [-0.15, -0.1) is 15.3 Å². The number of anilines is 2. The summed E-state index contributed by atoms with van der Waals surface area (Å²) in [6.07, 6.45) is 3.36. The van der Waals surface area contributed by atoms with E-state index >= 15 is 0 Å². The van der Waals surface area contributed by atoms with Crippen molar-refractivity contribution >= 4 is 17.2 Å². The minimum Gasteiger partial charge on any atom is -0.336 e. The highest BCUT2D eigenvalue weighted by molar-refractivity contribution is 5.61. The first-order chi connectivity index (χ1) is 10.8. The molecule has 0 unspecified atom stereocenters. The molecule has 0 saturated carbocycles. The van der Waals surface area contributed by atoms with Crippen LogP contribution in [0.3, 0.4) is 0 Å². The Morgan fingerprint density at radius 2 is 2.09 bits per heavy atom. The fourth-order valence-corrected chi connectivity index (χ4v) is 2.13. The van der Waals surface area contributed by atoms with Crippen LogP contribution in [0.15, 0.2) is 48.8 Å². The Kier molecular flexibility index (Phi) is 2.78. The normalized spacial score (nSPS) is 11.0. The van der Waals surface area contributed by atoms with Crippen molar-refractivity contribution in [3.05, 3.63) is 54.6 Å². The van der Waals surface area contributed by atoms with Gasteiger partial charge in [0.1, 0.15) is 5.82 Å². The van der Waals surface area contributed by atoms with E-state index in [0.717, 1.165) is 5.69 Å². The zero-order chi connectivity index (χ0) is 14.9. The van der Waals surface area contributed by atoms with Crippen LogP contribution in [-0.2, 0) is 0 Å². The number of benzene rings is 1. The number of hydrogen-bond donors (Lipinski definition) is 2. The molecule has 2 N–H and O–H groups in total. The Balaban J connectivity index is 1.79. The van der Waals surface area contributed by atoms with Gasteiger partial charge in [-0.3, -0.25) is 5.10 Å². The summed E-state index contributed by atoms with van der Waals surface area (Å²) in [6, 6.07) is 9.73. The average Bonchev–Trinajstić information content (AvgIpc) is 3.16. The van der Waals surface area contributed by atoms with Crippen molar-refractivity contribution in [2.45, 2.75) is 0 Å². The predicted octanol–water partition coefficient (Wildman–Crippen LogP) is 2.40. The number of nitrogens with one attached hydrogen (secondary N) is 2. The van der Waals surface area contributed by atoms with E-state index in [9.17, 15) is 4.39 Å². The largest absolute Gasteiger partial charge is 0.336 e. The molecule has 1 aromatic carbocycles. The van der Waals surface area contributed by atoms with E-state index in [-0.39, 0.29) is 5.82 Å². The van der Waals surface area contributed by atoms with Crippen LogP contribution in [0.2, 0.25) is 0 Å². The standard InChI is InChI=1S/C14H10FN7/c15-10-3-1-2-9(6-10)14-20-19-13-5-4-12(21-22(13)14)18-11-7-16-17-8-11/h1-8H,(H,16,17)(H,18,21). The van der Waals surface area contributed by atoms with Crippen molar-refractivity contribution in [1.29, 1.82) is 0 Å². The zero-order valence-corrected chi connectivity index (χ0v) is 11.2. The van der Waals surface area contributed by atoms with Gasteiger partial charge < -0.3 is 5.32 Å². The van der Waals surface area contributed by atoms with Crippen molar-refractivity contribution in [3.8, 4) is 11.4 Å². The van der Waals surface area contributed by atoms with Gasteiger partial charge in [-0.2, -0.15) is 9.61 Å². The van der Waals surface area contributed by atoms with Crippen molar-refractivity contribution in [1.82, 2.24) is 30.0 Å². The van der Waals surface area contributed by atoms with Gasteiger partial charge in [0.25, 0.3) is 0 Å². The molecule has 0 bridgehead atoms. The Morgan fingerprint density at radius 3 is 2.91 bits per heavy atom. The molecule has 4 rings (SSSR count). The van der Waals surface area contributed by atoms with Crippen LogP contribution in [0.25, 0.3) is 17.0 Å². The molecule has 0 spiro atoms. The van der Waals surface area contributed by atoms with Gasteiger partial charge in [0.15, 0.2) is 17.3 Å². The lowest BCUT2D eigenvalue weighted by Crippen LogP contribution is -2.00. The number of H-pyrrole nitrogens is 1. The summed E-state index contributed by atoms with van der Waals surface area (Å²) >= 11 is 0. The summed E-state index contributed by atoms with van der Waals surface area (Å²) in [4.78, 5) is 0. The van der Waals surface area contributed by atoms with Crippen LogP contribution < -0.4 is 5.32 Å². The van der Waals surface area contributed by atoms with Crippen LogP contribution in [0.5, 0.6) is 0 Å². The maximum Gasteiger partial charge on any atom is 0.185 e. The van der Waals surface area contributed by atoms with E-state index in [1.807, 2.05) is 0 Å². The van der Waals surface area contributed by atoms with Gasteiger partial charge in [0.2, 0.25) is 0 Å². The number of rotatable bonds is 3. The number of aromatic amines is 1. The maximum absolute atomic E-state index is 13.4. The molecular weight excluding hydrogens is 285 g/mol. The third kappa shape index (κ3) is 2.16. The molecule has 0 radical (unpaired) electrons. The molecule has 0 atom stereocenters. The van der Waals surface area contributed by atoms with Gasteiger partial charge in [0.05, 0.1) is 11.9 Å². The molecule has 0 aliphatic rings. The Bertz CT molecular complexity index is 929. The highest BCUT2D eigenvalue weighted by atomic mass is 19.1. The van der Waals surface area contributed by atoms with Gasteiger partial charge >= 0.3 is 0 Å². The van der Waals surface area contributed by atoms with Gasteiger partial charge in [-0.05, 0) is 24.3 Å². The minimum absolute atomic E-state index is 0.332. The molecule has 4 aromatic rings. The number of fused-ring (bicyclic) bond motifs is 1. The molecule has 7 nitrogen and oxygen atoms in total. The summed E-state index contributed by atoms with van der Waals surface area (Å²) in [6.45, 7) is 0. The Labute approximate surface area is 123 Å². The summed E-state index contributed by atoms with van der Waals surface area (Å²) in [5, 5.41) is 22.2. The van der Waals surface area contributed by atoms with Crippen LogP contribution in [0, 0.1) is 5.82 Å². The van der Waals surface area contributed by atoms with Gasteiger partial charge in [0, 0.05) is 11.8 Å². The van der Waals surface area contributed by atoms with Gasteiger partial charge in [-0.25, -0.2) is 4.39 Å². The topological polar surface area (TPSA) is 83.8 Å².